The van der Waals surface area contributed by atoms with Crippen molar-refractivity contribution in [3.8, 4) is 5.75 Å². The molecule has 1 aromatic carbocycles. The molecule has 0 saturated heterocycles. The van der Waals surface area contributed by atoms with Crippen molar-refractivity contribution in [2.24, 2.45) is 5.73 Å². The maximum absolute atomic E-state index is 13.5. The molecule has 1 unspecified atom stereocenters. The molecule has 1 rings (SSSR count). The van der Waals surface area contributed by atoms with Gasteiger partial charge in [-0.25, -0.2) is 4.39 Å². The predicted octanol–water partition coefficient (Wildman–Crippen LogP) is 2.07. The van der Waals surface area contributed by atoms with Crippen molar-refractivity contribution >= 4 is 11.6 Å². The van der Waals surface area contributed by atoms with Gasteiger partial charge in [0.25, 0.3) is 5.91 Å². The number of hydrogen-bond acceptors (Lipinski definition) is 3. The second-order valence-electron chi connectivity index (χ2n) is 3.95. The number of anilines is 1. The van der Waals surface area contributed by atoms with Crippen molar-refractivity contribution in [2.45, 2.75) is 32.8 Å². The Labute approximate surface area is 99.7 Å². The first kappa shape index (κ1) is 13.3. The fourth-order valence-electron chi connectivity index (χ4n) is 1.55. The standard InChI is InChI=1S/C12H17FN2O2/c1-3-4-7(2)17-11-5-8(12(15)16)10(14)6-9(11)13/h5-7H,3-4,14H2,1-2H3,(H2,15,16). The second kappa shape index (κ2) is 5.52. The number of carbonyl (C=O) groups excluding carboxylic acids is 1. The van der Waals surface area contributed by atoms with Gasteiger partial charge in [0.15, 0.2) is 11.6 Å². The van der Waals surface area contributed by atoms with E-state index in [4.69, 9.17) is 16.2 Å². The van der Waals surface area contributed by atoms with Gasteiger partial charge < -0.3 is 16.2 Å². The van der Waals surface area contributed by atoms with Gasteiger partial charge in [0.1, 0.15) is 0 Å². The minimum absolute atomic E-state index is 0.00829. The van der Waals surface area contributed by atoms with Crippen LogP contribution in [0.3, 0.4) is 0 Å². The summed E-state index contributed by atoms with van der Waals surface area (Å²) >= 11 is 0. The van der Waals surface area contributed by atoms with Gasteiger partial charge in [0.2, 0.25) is 0 Å². The van der Waals surface area contributed by atoms with E-state index in [0.717, 1.165) is 18.9 Å². The van der Waals surface area contributed by atoms with E-state index in [2.05, 4.69) is 0 Å². The average Bonchev–Trinajstić information content (AvgIpc) is 2.21. The number of carbonyl (C=O) groups is 1. The largest absolute Gasteiger partial charge is 0.488 e. The number of amides is 1. The molecule has 4 N–H and O–H groups in total. The molecule has 0 aliphatic rings. The van der Waals surface area contributed by atoms with E-state index in [0.29, 0.717) is 0 Å². The Kier molecular flexibility index (Phi) is 4.31. The van der Waals surface area contributed by atoms with Crippen LogP contribution in [0.25, 0.3) is 0 Å². The predicted molar refractivity (Wildman–Crippen MR) is 64.3 cm³/mol. The van der Waals surface area contributed by atoms with E-state index in [9.17, 15) is 9.18 Å². The van der Waals surface area contributed by atoms with Crippen LogP contribution in [0.5, 0.6) is 5.75 Å². The molecule has 0 heterocycles. The fourth-order valence-corrected chi connectivity index (χ4v) is 1.55. The van der Waals surface area contributed by atoms with Crippen molar-refractivity contribution in [2.75, 3.05) is 5.73 Å². The summed E-state index contributed by atoms with van der Waals surface area (Å²) in [6, 6.07) is 2.30. The topological polar surface area (TPSA) is 78.3 Å². The van der Waals surface area contributed by atoms with Crippen LogP contribution in [0, 0.1) is 5.82 Å². The Bertz CT molecular complexity index is 421. The molecule has 0 aliphatic heterocycles. The molecule has 0 fully saturated rings. The van der Waals surface area contributed by atoms with Crippen molar-refractivity contribution in [1.29, 1.82) is 0 Å². The smallest absolute Gasteiger partial charge is 0.250 e. The molecule has 5 heteroatoms. The number of hydrogen-bond donors (Lipinski definition) is 2. The van der Waals surface area contributed by atoms with Crippen LogP contribution in [-0.4, -0.2) is 12.0 Å². The number of primary amides is 1. The van der Waals surface area contributed by atoms with E-state index in [-0.39, 0.29) is 23.1 Å². The SMILES string of the molecule is CCCC(C)Oc1cc(C(N)=O)c(N)cc1F. The van der Waals surface area contributed by atoms with E-state index in [1.807, 2.05) is 13.8 Å². The molecular weight excluding hydrogens is 223 g/mol. The van der Waals surface area contributed by atoms with Crippen LogP contribution in [0.4, 0.5) is 10.1 Å². The maximum atomic E-state index is 13.5. The summed E-state index contributed by atoms with van der Waals surface area (Å²) in [6.45, 7) is 3.84. The van der Waals surface area contributed by atoms with Gasteiger partial charge in [0, 0.05) is 11.8 Å². The Morgan fingerprint density at radius 3 is 2.71 bits per heavy atom. The lowest BCUT2D eigenvalue weighted by Crippen LogP contribution is -2.16. The summed E-state index contributed by atoms with van der Waals surface area (Å²) in [5, 5.41) is 0. The minimum Gasteiger partial charge on any atom is -0.488 e. The molecule has 1 aromatic rings. The van der Waals surface area contributed by atoms with Gasteiger partial charge in [-0.1, -0.05) is 13.3 Å². The molecule has 4 nitrogen and oxygen atoms in total. The molecule has 0 aliphatic carbocycles. The summed E-state index contributed by atoms with van der Waals surface area (Å²) in [4.78, 5) is 11.1. The Balaban J connectivity index is 2.99. The molecule has 17 heavy (non-hydrogen) atoms. The quantitative estimate of drug-likeness (QED) is 0.773. The van der Waals surface area contributed by atoms with Crippen molar-refractivity contribution in [3.63, 3.8) is 0 Å². The highest BCUT2D eigenvalue weighted by atomic mass is 19.1. The zero-order valence-electron chi connectivity index (χ0n) is 10.00. The molecule has 0 bridgehead atoms. The second-order valence-corrected chi connectivity index (χ2v) is 3.95. The summed E-state index contributed by atoms with van der Waals surface area (Å²) in [5.74, 6) is -1.28. The van der Waals surface area contributed by atoms with Crippen LogP contribution in [0.2, 0.25) is 0 Å². The van der Waals surface area contributed by atoms with Gasteiger partial charge >= 0.3 is 0 Å². The van der Waals surface area contributed by atoms with E-state index in [1.165, 1.54) is 6.07 Å². The third-order valence-electron chi connectivity index (χ3n) is 2.39. The van der Waals surface area contributed by atoms with Crippen LogP contribution >= 0.6 is 0 Å². The molecule has 94 valence electrons. The number of ether oxygens (including phenoxy) is 1. The molecule has 0 radical (unpaired) electrons. The number of nitrogens with two attached hydrogens (primary N) is 2. The van der Waals surface area contributed by atoms with E-state index >= 15 is 0 Å². The number of benzene rings is 1. The lowest BCUT2D eigenvalue weighted by molar-refractivity contribution is 0.1000. The van der Waals surface area contributed by atoms with Crippen LogP contribution in [-0.2, 0) is 0 Å². The third kappa shape index (κ3) is 3.34. The number of halogens is 1. The first-order chi connectivity index (χ1) is 7.95. The van der Waals surface area contributed by atoms with Gasteiger partial charge in [-0.3, -0.25) is 4.79 Å². The summed E-state index contributed by atoms with van der Waals surface area (Å²) in [7, 11) is 0. The monoisotopic (exact) mass is 240 g/mol. The summed E-state index contributed by atoms with van der Waals surface area (Å²) in [6.07, 6.45) is 1.61. The number of rotatable bonds is 5. The van der Waals surface area contributed by atoms with Gasteiger partial charge in [-0.15, -0.1) is 0 Å². The summed E-state index contributed by atoms with van der Waals surface area (Å²) < 4.78 is 18.9. The van der Waals surface area contributed by atoms with Crippen molar-refractivity contribution in [1.82, 2.24) is 0 Å². The van der Waals surface area contributed by atoms with Gasteiger partial charge in [-0.2, -0.15) is 0 Å². The third-order valence-corrected chi connectivity index (χ3v) is 2.39. The summed E-state index contributed by atoms with van der Waals surface area (Å²) in [5.41, 5.74) is 10.7. The zero-order chi connectivity index (χ0) is 13.0. The Morgan fingerprint density at radius 2 is 2.18 bits per heavy atom. The fraction of sp³-hybridized carbons (Fsp3) is 0.417. The molecule has 0 aromatic heterocycles. The normalized spacial score (nSPS) is 12.2. The molecule has 1 atom stereocenters. The first-order valence-corrected chi connectivity index (χ1v) is 5.51. The molecule has 0 spiro atoms. The molecule has 1 amide bonds. The Morgan fingerprint density at radius 1 is 1.53 bits per heavy atom. The van der Waals surface area contributed by atoms with Crippen LogP contribution in [0.1, 0.15) is 37.0 Å². The van der Waals surface area contributed by atoms with E-state index < -0.39 is 11.7 Å². The van der Waals surface area contributed by atoms with Gasteiger partial charge in [-0.05, 0) is 19.4 Å². The van der Waals surface area contributed by atoms with Crippen molar-refractivity contribution < 1.29 is 13.9 Å². The highest BCUT2D eigenvalue weighted by molar-refractivity contribution is 5.98. The zero-order valence-corrected chi connectivity index (χ0v) is 10.00. The van der Waals surface area contributed by atoms with Gasteiger partial charge in [0.05, 0.1) is 11.7 Å². The van der Waals surface area contributed by atoms with Crippen LogP contribution < -0.4 is 16.2 Å². The Hall–Kier alpha value is -1.78. The lowest BCUT2D eigenvalue weighted by atomic mass is 10.1. The average molecular weight is 240 g/mol. The van der Waals surface area contributed by atoms with Crippen molar-refractivity contribution in [3.05, 3.63) is 23.5 Å². The maximum Gasteiger partial charge on any atom is 0.250 e. The van der Waals surface area contributed by atoms with E-state index in [1.54, 1.807) is 0 Å². The highest BCUT2D eigenvalue weighted by Crippen LogP contribution is 2.25. The minimum atomic E-state index is -0.699. The first-order valence-electron chi connectivity index (χ1n) is 5.51. The number of nitrogen functional groups attached to an aromatic ring is 1. The highest BCUT2D eigenvalue weighted by Gasteiger charge is 2.14. The molecule has 0 saturated carbocycles. The molecular formula is C12H17FN2O2. The lowest BCUT2D eigenvalue weighted by Gasteiger charge is -2.15. The van der Waals surface area contributed by atoms with Crippen LogP contribution in [0.15, 0.2) is 12.1 Å².